The number of nitrogens with zero attached hydrogens (tertiary/aromatic N) is 1. The molecule has 1 aromatic carbocycles. The predicted octanol–water partition coefficient (Wildman–Crippen LogP) is 3.47. The van der Waals surface area contributed by atoms with Crippen molar-refractivity contribution in [3.05, 3.63) is 41.7 Å². The van der Waals surface area contributed by atoms with Crippen LogP contribution in [0.1, 0.15) is 30.7 Å². The van der Waals surface area contributed by atoms with Gasteiger partial charge in [0.2, 0.25) is 0 Å². The van der Waals surface area contributed by atoms with E-state index in [2.05, 4.69) is 10.3 Å². The normalized spacial score (nSPS) is 14.7. The highest BCUT2D eigenvalue weighted by Crippen LogP contribution is 2.25. The number of rotatable bonds is 6. The first kappa shape index (κ1) is 13.3. The minimum Gasteiger partial charge on any atom is -0.441 e. The molecular weight excluding hydrogens is 255 g/mol. The van der Waals surface area contributed by atoms with E-state index in [4.69, 9.17) is 4.42 Å². The summed E-state index contributed by atoms with van der Waals surface area (Å²) in [7, 11) is 0. The molecule has 2 aromatic rings. The molecule has 106 valence electrons. The van der Waals surface area contributed by atoms with Gasteiger partial charge in [-0.1, -0.05) is 6.07 Å². The molecule has 1 fully saturated rings. The van der Waals surface area contributed by atoms with Gasteiger partial charge in [0.25, 0.3) is 0 Å². The lowest BCUT2D eigenvalue weighted by Gasteiger charge is -2.02. The second-order valence-electron chi connectivity index (χ2n) is 5.41. The molecule has 0 radical (unpaired) electrons. The largest absolute Gasteiger partial charge is 0.441 e. The summed E-state index contributed by atoms with van der Waals surface area (Å²) >= 11 is 0. The standard InChI is InChI=1S/C16H19FN2O/c1-11-4-5-12(17)9-14(11)15-10-19-16(20-15)3-2-8-18-13-6-7-13/h4-5,9-10,13,18H,2-3,6-8H2,1H3. The van der Waals surface area contributed by atoms with Crippen LogP contribution in [-0.4, -0.2) is 17.6 Å². The Bertz CT molecular complexity index is 590. The van der Waals surface area contributed by atoms with E-state index in [-0.39, 0.29) is 5.82 Å². The fourth-order valence-corrected chi connectivity index (χ4v) is 2.24. The Labute approximate surface area is 118 Å². The topological polar surface area (TPSA) is 38.1 Å². The summed E-state index contributed by atoms with van der Waals surface area (Å²) in [5.74, 6) is 1.12. The maximum atomic E-state index is 13.3. The van der Waals surface area contributed by atoms with Gasteiger partial charge in [0.1, 0.15) is 5.82 Å². The summed E-state index contributed by atoms with van der Waals surface area (Å²) in [5.41, 5.74) is 1.77. The Morgan fingerprint density at radius 1 is 1.40 bits per heavy atom. The lowest BCUT2D eigenvalue weighted by atomic mass is 10.1. The van der Waals surface area contributed by atoms with Crippen molar-refractivity contribution in [3.63, 3.8) is 0 Å². The van der Waals surface area contributed by atoms with Crippen LogP contribution in [0.15, 0.2) is 28.8 Å². The zero-order chi connectivity index (χ0) is 13.9. The first-order valence-electron chi connectivity index (χ1n) is 7.17. The lowest BCUT2D eigenvalue weighted by molar-refractivity contribution is 0.490. The number of hydrogen-bond acceptors (Lipinski definition) is 3. The van der Waals surface area contributed by atoms with Crippen molar-refractivity contribution in [2.24, 2.45) is 0 Å². The molecule has 1 aromatic heterocycles. The molecule has 0 unspecified atom stereocenters. The minimum absolute atomic E-state index is 0.253. The highest BCUT2D eigenvalue weighted by atomic mass is 19.1. The van der Waals surface area contributed by atoms with Crippen molar-refractivity contribution < 1.29 is 8.81 Å². The van der Waals surface area contributed by atoms with Gasteiger partial charge in [-0.25, -0.2) is 9.37 Å². The third-order valence-corrected chi connectivity index (χ3v) is 3.60. The van der Waals surface area contributed by atoms with Crippen LogP contribution in [0.3, 0.4) is 0 Å². The van der Waals surface area contributed by atoms with E-state index >= 15 is 0 Å². The Morgan fingerprint density at radius 3 is 3.05 bits per heavy atom. The van der Waals surface area contributed by atoms with Gasteiger partial charge in [-0.2, -0.15) is 0 Å². The number of oxazole rings is 1. The van der Waals surface area contributed by atoms with Crippen LogP contribution in [0.4, 0.5) is 4.39 Å². The van der Waals surface area contributed by atoms with Crippen molar-refractivity contribution in [2.75, 3.05) is 6.54 Å². The van der Waals surface area contributed by atoms with Crippen LogP contribution in [-0.2, 0) is 6.42 Å². The molecule has 1 aliphatic carbocycles. The van der Waals surface area contributed by atoms with E-state index in [9.17, 15) is 4.39 Å². The van der Waals surface area contributed by atoms with E-state index < -0.39 is 0 Å². The van der Waals surface area contributed by atoms with Crippen LogP contribution < -0.4 is 5.32 Å². The number of benzene rings is 1. The third-order valence-electron chi connectivity index (χ3n) is 3.60. The second-order valence-corrected chi connectivity index (χ2v) is 5.41. The quantitative estimate of drug-likeness (QED) is 0.820. The van der Waals surface area contributed by atoms with Gasteiger partial charge in [-0.15, -0.1) is 0 Å². The average Bonchev–Trinajstić information content (AvgIpc) is 3.15. The van der Waals surface area contributed by atoms with E-state index in [0.717, 1.165) is 42.4 Å². The minimum atomic E-state index is -0.253. The molecule has 1 heterocycles. The Morgan fingerprint density at radius 2 is 2.25 bits per heavy atom. The Hall–Kier alpha value is -1.68. The summed E-state index contributed by atoms with van der Waals surface area (Å²) < 4.78 is 19.0. The molecular formula is C16H19FN2O. The average molecular weight is 274 g/mol. The molecule has 0 atom stereocenters. The van der Waals surface area contributed by atoms with Crippen LogP contribution in [0, 0.1) is 12.7 Å². The van der Waals surface area contributed by atoms with Crippen LogP contribution >= 0.6 is 0 Å². The van der Waals surface area contributed by atoms with E-state index in [1.54, 1.807) is 12.3 Å². The molecule has 0 aliphatic heterocycles. The highest BCUT2D eigenvalue weighted by molar-refractivity contribution is 5.61. The molecule has 1 N–H and O–H groups in total. The smallest absolute Gasteiger partial charge is 0.194 e. The molecule has 4 heteroatoms. The number of aromatic nitrogens is 1. The van der Waals surface area contributed by atoms with Crippen molar-refractivity contribution in [1.29, 1.82) is 0 Å². The van der Waals surface area contributed by atoms with Gasteiger partial charge in [0.05, 0.1) is 6.20 Å². The number of halogens is 1. The fourth-order valence-electron chi connectivity index (χ4n) is 2.24. The molecule has 20 heavy (non-hydrogen) atoms. The molecule has 1 aliphatic rings. The summed E-state index contributed by atoms with van der Waals surface area (Å²) in [6.07, 6.45) is 6.13. The molecule has 0 bridgehead atoms. The SMILES string of the molecule is Cc1ccc(F)cc1-c1cnc(CCCNC2CC2)o1. The van der Waals surface area contributed by atoms with E-state index in [1.165, 1.54) is 25.0 Å². The van der Waals surface area contributed by atoms with Gasteiger partial charge in [0.15, 0.2) is 11.7 Å². The number of nitrogens with one attached hydrogen (secondary N) is 1. The molecule has 0 amide bonds. The fraction of sp³-hybridized carbons (Fsp3) is 0.438. The Kier molecular flexibility index (Phi) is 3.83. The van der Waals surface area contributed by atoms with Gasteiger partial charge in [-0.3, -0.25) is 0 Å². The highest BCUT2D eigenvalue weighted by Gasteiger charge is 2.19. The lowest BCUT2D eigenvalue weighted by Crippen LogP contribution is -2.17. The molecule has 1 saturated carbocycles. The van der Waals surface area contributed by atoms with Gasteiger partial charge < -0.3 is 9.73 Å². The molecule has 0 spiro atoms. The zero-order valence-electron chi connectivity index (χ0n) is 11.7. The maximum absolute atomic E-state index is 13.3. The number of hydrogen-bond donors (Lipinski definition) is 1. The first-order valence-corrected chi connectivity index (χ1v) is 7.17. The van der Waals surface area contributed by atoms with Gasteiger partial charge in [-0.05, 0) is 50.4 Å². The summed E-state index contributed by atoms with van der Waals surface area (Å²) in [5, 5.41) is 3.46. The van der Waals surface area contributed by atoms with Gasteiger partial charge in [0, 0.05) is 18.0 Å². The summed E-state index contributed by atoms with van der Waals surface area (Å²) in [6.45, 7) is 2.94. The van der Waals surface area contributed by atoms with Crippen molar-refractivity contribution in [2.45, 2.75) is 38.6 Å². The zero-order valence-corrected chi connectivity index (χ0v) is 11.7. The second kappa shape index (κ2) is 5.75. The van der Waals surface area contributed by atoms with Crippen LogP contribution in [0.25, 0.3) is 11.3 Å². The number of aryl methyl sites for hydroxylation is 2. The van der Waals surface area contributed by atoms with Gasteiger partial charge >= 0.3 is 0 Å². The molecule has 3 rings (SSSR count). The molecule has 3 nitrogen and oxygen atoms in total. The van der Waals surface area contributed by atoms with Crippen LogP contribution in [0.2, 0.25) is 0 Å². The molecule has 0 saturated heterocycles. The maximum Gasteiger partial charge on any atom is 0.194 e. The first-order chi connectivity index (χ1) is 9.72. The summed E-state index contributed by atoms with van der Waals surface area (Å²) in [4.78, 5) is 4.28. The van der Waals surface area contributed by atoms with E-state index in [0.29, 0.717) is 5.76 Å². The van der Waals surface area contributed by atoms with Crippen molar-refractivity contribution in [3.8, 4) is 11.3 Å². The van der Waals surface area contributed by atoms with E-state index in [1.807, 2.05) is 6.92 Å². The predicted molar refractivity (Wildman–Crippen MR) is 76.0 cm³/mol. The third kappa shape index (κ3) is 3.25. The monoisotopic (exact) mass is 274 g/mol. The van der Waals surface area contributed by atoms with Crippen molar-refractivity contribution in [1.82, 2.24) is 10.3 Å². The van der Waals surface area contributed by atoms with Crippen molar-refractivity contribution >= 4 is 0 Å². The Balaban J connectivity index is 1.61. The van der Waals surface area contributed by atoms with Crippen LogP contribution in [0.5, 0.6) is 0 Å². The summed E-state index contributed by atoms with van der Waals surface area (Å²) in [6, 6.07) is 5.45.